The van der Waals surface area contributed by atoms with Gasteiger partial charge in [-0.3, -0.25) is 14.4 Å². The molecule has 0 radical (unpaired) electrons. The van der Waals surface area contributed by atoms with Crippen LogP contribution in [0.1, 0.15) is 50.6 Å². The topological polar surface area (TPSA) is 54.3 Å². The fourth-order valence-corrected chi connectivity index (χ4v) is 5.36. The van der Waals surface area contributed by atoms with Crippen LogP contribution in [0.4, 0.5) is 0 Å². The molecule has 1 aliphatic carbocycles. The number of rotatable bonds is 5. The summed E-state index contributed by atoms with van der Waals surface area (Å²) in [5.74, 6) is 1.83. The third kappa shape index (κ3) is 3.80. The molecule has 1 aromatic heterocycles. The van der Waals surface area contributed by atoms with E-state index in [4.69, 9.17) is 0 Å². The lowest BCUT2D eigenvalue weighted by atomic mass is 9.75. The number of hydrogen-bond donors (Lipinski definition) is 0. The number of piperidine rings is 3. The zero-order valence-electron chi connectivity index (χ0n) is 16.3. The van der Waals surface area contributed by atoms with Gasteiger partial charge in [0, 0.05) is 32.9 Å². The number of aromatic nitrogens is 3. The van der Waals surface area contributed by atoms with Gasteiger partial charge in [0.1, 0.15) is 0 Å². The summed E-state index contributed by atoms with van der Waals surface area (Å²) in [6, 6.07) is 0.504. The summed E-state index contributed by atoms with van der Waals surface area (Å²) in [6.45, 7) is 2.95. The van der Waals surface area contributed by atoms with Gasteiger partial charge in [0.25, 0.3) is 0 Å². The number of hydrogen-bond acceptors (Lipinski definition) is 4. The maximum absolute atomic E-state index is 12.4. The van der Waals surface area contributed by atoms with Crippen LogP contribution in [0.15, 0.2) is 6.20 Å². The van der Waals surface area contributed by atoms with Crippen LogP contribution in [-0.2, 0) is 17.8 Å². The molecule has 2 bridgehead atoms. The van der Waals surface area contributed by atoms with Gasteiger partial charge < -0.3 is 4.90 Å². The predicted octanol–water partition coefficient (Wildman–Crippen LogP) is 2.20. The first kappa shape index (κ1) is 18.0. The lowest BCUT2D eigenvalue weighted by molar-refractivity contribution is -0.141. The summed E-state index contributed by atoms with van der Waals surface area (Å²) in [4.78, 5) is 16.7. The molecule has 3 aliphatic heterocycles. The molecule has 144 valence electrons. The molecule has 1 amide bonds. The Kier molecular flexibility index (Phi) is 5.30. The average molecular weight is 360 g/mol. The minimum atomic E-state index is 0.188. The minimum Gasteiger partial charge on any atom is -0.349 e. The Hall–Kier alpha value is -1.43. The van der Waals surface area contributed by atoms with E-state index in [9.17, 15) is 4.79 Å². The van der Waals surface area contributed by atoms with E-state index in [1.165, 1.54) is 32.1 Å². The van der Waals surface area contributed by atoms with Gasteiger partial charge in [-0.1, -0.05) is 37.3 Å². The van der Waals surface area contributed by atoms with Crippen molar-refractivity contribution in [2.24, 2.45) is 17.8 Å². The Morgan fingerprint density at radius 3 is 2.73 bits per heavy atom. The van der Waals surface area contributed by atoms with Crippen molar-refractivity contribution in [2.75, 3.05) is 27.2 Å². The van der Waals surface area contributed by atoms with Gasteiger partial charge in [-0.15, -0.1) is 5.10 Å². The second-order valence-corrected chi connectivity index (χ2v) is 8.91. The maximum atomic E-state index is 12.4. The van der Waals surface area contributed by atoms with E-state index in [0.717, 1.165) is 50.5 Å². The highest BCUT2D eigenvalue weighted by molar-refractivity contribution is 5.79. The largest absolute Gasteiger partial charge is 0.349 e. The highest BCUT2D eigenvalue weighted by Crippen LogP contribution is 2.37. The molecule has 6 heteroatoms. The van der Waals surface area contributed by atoms with Crippen molar-refractivity contribution in [3.8, 4) is 0 Å². The molecule has 4 atom stereocenters. The van der Waals surface area contributed by atoms with Gasteiger partial charge in [-0.05, 0) is 37.6 Å². The van der Waals surface area contributed by atoms with Gasteiger partial charge in [0.05, 0.1) is 18.2 Å². The highest BCUT2D eigenvalue weighted by Gasteiger charge is 2.43. The first-order valence-corrected chi connectivity index (χ1v) is 10.4. The van der Waals surface area contributed by atoms with Crippen molar-refractivity contribution in [3.63, 3.8) is 0 Å². The summed E-state index contributed by atoms with van der Waals surface area (Å²) >= 11 is 0. The van der Waals surface area contributed by atoms with Gasteiger partial charge in [-0.2, -0.15) is 0 Å². The minimum absolute atomic E-state index is 0.188. The van der Waals surface area contributed by atoms with Crippen molar-refractivity contribution in [3.05, 3.63) is 11.9 Å². The normalized spacial score (nSPS) is 31.9. The number of carbonyl (C=O) groups is 1. The molecular formula is C20H33N5O. The van der Waals surface area contributed by atoms with Crippen LogP contribution in [0.25, 0.3) is 0 Å². The van der Waals surface area contributed by atoms with Crippen LogP contribution in [0.2, 0.25) is 0 Å². The van der Waals surface area contributed by atoms with Crippen LogP contribution in [0.5, 0.6) is 0 Å². The Balaban J connectivity index is 1.33. The third-order valence-corrected chi connectivity index (χ3v) is 6.84. The molecule has 6 nitrogen and oxygen atoms in total. The summed E-state index contributed by atoms with van der Waals surface area (Å²) in [5.41, 5.74) is 1.16. The van der Waals surface area contributed by atoms with Crippen LogP contribution >= 0.6 is 0 Å². The van der Waals surface area contributed by atoms with E-state index in [1.807, 2.05) is 18.8 Å². The first-order chi connectivity index (χ1) is 12.6. The second-order valence-electron chi connectivity index (χ2n) is 8.91. The van der Waals surface area contributed by atoms with Crippen molar-refractivity contribution in [1.29, 1.82) is 0 Å². The molecule has 0 N–H and O–H groups in total. The zero-order valence-corrected chi connectivity index (χ0v) is 16.3. The van der Waals surface area contributed by atoms with Gasteiger partial charge in [0.15, 0.2) is 0 Å². The molecule has 0 spiro atoms. The third-order valence-electron chi connectivity index (χ3n) is 6.84. The number of carbonyl (C=O) groups excluding carboxylic acids is 1. The van der Waals surface area contributed by atoms with E-state index in [2.05, 4.69) is 21.4 Å². The van der Waals surface area contributed by atoms with Gasteiger partial charge in [0.2, 0.25) is 5.91 Å². The summed E-state index contributed by atoms with van der Waals surface area (Å²) in [7, 11) is 3.75. The molecule has 26 heavy (non-hydrogen) atoms. The molecule has 1 saturated carbocycles. The van der Waals surface area contributed by atoms with E-state index in [-0.39, 0.29) is 5.92 Å². The van der Waals surface area contributed by atoms with Crippen LogP contribution < -0.4 is 0 Å². The average Bonchev–Trinajstić information content (AvgIpc) is 3.09. The molecule has 4 fully saturated rings. The van der Waals surface area contributed by atoms with E-state index in [1.54, 1.807) is 4.90 Å². The number of amides is 1. The number of fused-ring (bicyclic) bond motifs is 3. The van der Waals surface area contributed by atoms with Crippen LogP contribution in [0.3, 0.4) is 0 Å². The van der Waals surface area contributed by atoms with Crippen LogP contribution in [-0.4, -0.2) is 63.9 Å². The lowest BCUT2D eigenvalue weighted by Gasteiger charge is -2.49. The summed E-state index contributed by atoms with van der Waals surface area (Å²) < 4.78 is 2.05. The molecule has 2 unspecified atom stereocenters. The Morgan fingerprint density at radius 1 is 1.23 bits per heavy atom. The van der Waals surface area contributed by atoms with Crippen molar-refractivity contribution in [1.82, 2.24) is 24.8 Å². The fourth-order valence-electron chi connectivity index (χ4n) is 5.36. The summed E-state index contributed by atoms with van der Waals surface area (Å²) in [6.07, 6.45) is 12.4. The molecule has 0 aromatic carbocycles. The Morgan fingerprint density at radius 2 is 2.04 bits per heavy atom. The van der Waals surface area contributed by atoms with E-state index in [0.29, 0.717) is 17.9 Å². The molecule has 4 aliphatic rings. The SMILES string of the molecule is CN(C)C(=O)[C@H]1CN2CCC1C[C@@H]2Cn1cc(CC2CCCCC2)nn1. The van der Waals surface area contributed by atoms with Gasteiger partial charge in [-0.25, -0.2) is 0 Å². The quantitative estimate of drug-likeness (QED) is 0.809. The monoisotopic (exact) mass is 359 g/mol. The van der Waals surface area contributed by atoms with Crippen LogP contribution in [0, 0.1) is 17.8 Å². The van der Waals surface area contributed by atoms with Crippen molar-refractivity contribution in [2.45, 2.75) is 64.0 Å². The number of nitrogens with zero attached hydrogens (tertiary/aromatic N) is 5. The maximum Gasteiger partial charge on any atom is 0.226 e. The predicted molar refractivity (Wildman–Crippen MR) is 101 cm³/mol. The smallest absolute Gasteiger partial charge is 0.226 e. The Labute approximate surface area is 156 Å². The second kappa shape index (κ2) is 7.67. The molecular weight excluding hydrogens is 326 g/mol. The molecule has 5 rings (SSSR count). The fraction of sp³-hybridized carbons (Fsp3) is 0.850. The van der Waals surface area contributed by atoms with Crippen molar-refractivity contribution < 1.29 is 4.79 Å². The molecule has 3 saturated heterocycles. The Bertz CT molecular complexity index is 621. The van der Waals surface area contributed by atoms with E-state index >= 15 is 0 Å². The van der Waals surface area contributed by atoms with Crippen molar-refractivity contribution >= 4 is 5.91 Å². The first-order valence-electron chi connectivity index (χ1n) is 10.4. The molecule has 1 aromatic rings. The lowest BCUT2D eigenvalue weighted by Crippen LogP contribution is -2.57. The van der Waals surface area contributed by atoms with E-state index < -0.39 is 0 Å². The highest BCUT2D eigenvalue weighted by atomic mass is 16.2. The molecule has 4 heterocycles. The van der Waals surface area contributed by atoms with Gasteiger partial charge >= 0.3 is 0 Å². The summed E-state index contributed by atoms with van der Waals surface area (Å²) in [5, 5.41) is 8.84. The zero-order chi connectivity index (χ0) is 18.1. The standard InChI is InChI=1S/C20H33N5O/c1-23(2)20(26)19-14-24-9-8-16(19)11-18(24)13-25-12-17(21-22-25)10-15-6-4-3-5-7-15/h12,15-16,18-19H,3-11,13-14H2,1-2H3/t16?,18-,19+/m1/s1.